The van der Waals surface area contributed by atoms with Crippen LogP contribution < -0.4 is 11.1 Å². The Morgan fingerprint density at radius 3 is 2.57 bits per heavy atom. The Morgan fingerprint density at radius 1 is 1.50 bits per heavy atom. The first-order chi connectivity index (χ1) is 6.58. The highest BCUT2D eigenvalue weighted by Crippen LogP contribution is 2.15. The van der Waals surface area contributed by atoms with Gasteiger partial charge in [0.2, 0.25) is 5.91 Å². The second-order valence-corrected chi connectivity index (χ2v) is 4.14. The molecule has 0 aliphatic rings. The Labute approximate surface area is 91.8 Å². The lowest BCUT2D eigenvalue weighted by molar-refractivity contribution is -0.118. The Kier molecular flexibility index (Phi) is 3.95. The fourth-order valence-electron chi connectivity index (χ4n) is 1.18. The van der Waals surface area contributed by atoms with Crippen LogP contribution in [0.4, 0.5) is 5.69 Å². The van der Waals surface area contributed by atoms with E-state index in [4.69, 9.17) is 5.73 Å². The van der Waals surface area contributed by atoms with E-state index in [-0.39, 0.29) is 11.9 Å². The fraction of sp³-hybridized carbons (Fsp3) is 0.300. The van der Waals surface area contributed by atoms with Gasteiger partial charge in [0.1, 0.15) is 0 Å². The summed E-state index contributed by atoms with van der Waals surface area (Å²) < 4.78 is 1.03. The zero-order chi connectivity index (χ0) is 10.6. The molecule has 0 spiro atoms. The highest BCUT2D eigenvalue weighted by atomic mass is 79.9. The third-order valence-corrected chi connectivity index (χ3v) is 2.29. The molecule has 1 rings (SSSR count). The number of anilines is 1. The molecule has 1 amide bonds. The normalized spacial score (nSPS) is 12.1. The first-order valence-corrected chi connectivity index (χ1v) is 5.17. The molecule has 14 heavy (non-hydrogen) atoms. The molecule has 1 aromatic rings. The summed E-state index contributed by atoms with van der Waals surface area (Å²) in [6.07, 6.45) is 0.343. The summed E-state index contributed by atoms with van der Waals surface area (Å²) in [5, 5.41) is 3.18. The number of nitrogens with two attached hydrogens (primary N) is 1. The molecule has 3 N–H and O–H groups in total. The van der Waals surface area contributed by atoms with Crippen molar-refractivity contribution in [2.45, 2.75) is 19.4 Å². The summed E-state index contributed by atoms with van der Waals surface area (Å²) in [7, 11) is 0. The van der Waals surface area contributed by atoms with Crippen LogP contribution in [0.2, 0.25) is 0 Å². The van der Waals surface area contributed by atoms with E-state index >= 15 is 0 Å². The number of hydrogen-bond acceptors (Lipinski definition) is 2. The number of nitrogens with one attached hydrogen (secondary N) is 1. The zero-order valence-electron chi connectivity index (χ0n) is 7.96. The molecule has 0 fully saturated rings. The summed E-state index contributed by atoms with van der Waals surface area (Å²) in [5.41, 5.74) is 6.07. The van der Waals surface area contributed by atoms with Gasteiger partial charge < -0.3 is 11.1 Å². The molecule has 0 saturated carbocycles. The molecule has 1 atom stereocenters. The number of rotatable bonds is 4. The number of carbonyl (C=O) groups excluding carboxylic acids is 1. The van der Waals surface area contributed by atoms with Crippen molar-refractivity contribution in [3.63, 3.8) is 0 Å². The van der Waals surface area contributed by atoms with E-state index in [0.717, 1.165) is 10.2 Å². The van der Waals surface area contributed by atoms with Crippen LogP contribution in [0.5, 0.6) is 0 Å². The number of primary amides is 1. The quantitative estimate of drug-likeness (QED) is 0.868. The average Bonchev–Trinajstić information content (AvgIpc) is 2.07. The number of halogens is 1. The van der Waals surface area contributed by atoms with Gasteiger partial charge in [-0.25, -0.2) is 0 Å². The van der Waals surface area contributed by atoms with Gasteiger partial charge in [-0.05, 0) is 31.2 Å². The molecule has 0 heterocycles. The Balaban J connectivity index is 2.51. The molecule has 0 saturated heterocycles. The van der Waals surface area contributed by atoms with Crippen molar-refractivity contribution in [2.24, 2.45) is 5.73 Å². The van der Waals surface area contributed by atoms with Crippen LogP contribution in [-0.4, -0.2) is 11.9 Å². The number of carbonyl (C=O) groups is 1. The first-order valence-electron chi connectivity index (χ1n) is 4.38. The summed E-state index contributed by atoms with van der Waals surface area (Å²) in [4.78, 5) is 10.6. The molecule has 0 aliphatic carbocycles. The molecule has 0 radical (unpaired) electrons. The Hall–Kier alpha value is -1.03. The van der Waals surface area contributed by atoms with Gasteiger partial charge in [-0.1, -0.05) is 15.9 Å². The minimum Gasteiger partial charge on any atom is -0.382 e. The van der Waals surface area contributed by atoms with Crippen LogP contribution in [0, 0.1) is 0 Å². The molecule has 76 valence electrons. The summed E-state index contributed by atoms with van der Waals surface area (Å²) in [6.45, 7) is 1.92. The predicted octanol–water partition coefficient (Wildman–Crippen LogP) is 2.12. The highest BCUT2D eigenvalue weighted by molar-refractivity contribution is 9.10. The zero-order valence-corrected chi connectivity index (χ0v) is 9.54. The second-order valence-electron chi connectivity index (χ2n) is 3.22. The van der Waals surface area contributed by atoms with E-state index < -0.39 is 0 Å². The van der Waals surface area contributed by atoms with E-state index in [0.29, 0.717) is 6.42 Å². The molecule has 0 bridgehead atoms. The minimum absolute atomic E-state index is 0.0636. The number of amides is 1. The molecular weight excluding hydrogens is 244 g/mol. The third kappa shape index (κ3) is 3.79. The van der Waals surface area contributed by atoms with Crippen molar-refractivity contribution in [1.29, 1.82) is 0 Å². The van der Waals surface area contributed by atoms with Gasteiger partial charge in [-0.2, -0.15) is 0 Å². The smallest absolute Gasteiger partial charge is 0.219 e. The molecule has 0 aliphatic heterocycles. The van der Waals surface area contributed by atoms with Crippen LogP contribution in [-0.2, 0) is 4.79 Å². The summed E-state index contributed by atoms with van der Waals surface area (Å²) in [6, 6.07) is 7.84. The minimum atomic E-state index is -0.290. The van der Waals surface area contributed by atoms with Gasteiger partial charge >= 0.3 is 0 Å². The lowest BCUT2D eigenvalue weighted by Crippen LogP contribution is -2.23. The summed E-state index contributed by atoms with van der Waals surface area (Å²) in [5.74, 6) is -0.290. The number of benzene rings is 1. The Morgan fingerprint density at radius 2 is 2.07 bits per heavy atom. The molecule has 0 aromatic heterocycles. The van der Waals surface area contributed by atoms with E-state index in [2.05, 4.69) is 21.2 Å². The molecule has 4 heteroatoms. The second kappa shape index (κ2) is 5.00. The standard InChI is InChI=1S/C10H13BrN2O/c1-7(6-10(12)14)13-9-4-2-8(11)3-5-9/h2-5,7,13H,6H2,1H3,(H2,12,14)/t7-/m0/s1. The molecule has 0 unspecified atom stereocenters. The van der Waals surface area contributed by atoms with Crippen LogP contribution in [0.1, 0.15) is 13.3 Å². The van der Waals surface area contributed by atoms with Gasteiger partial charge in [0.25, 0.3) is 0 Å². The van der Waals surface area contributed by atoms with Gasteiger partial charge in [0, 0.05) is 22.6 Å². The molecular formula is C10H13BrN2O. The lowest BCUT2D eigenvalue weighted by Gasteiger charge is -2.13. The highest BCUT2D eigenvalue weighted by Gasteiger charge is 2.04. The van der Waals surface area contributed by atoms with E-state index in [1.54, 1.807) is 0 Å². The van der Waals surface area contributed by atoms with Crippen molar-refractivity contribution >= 4 is 27.5 Å². The maximum atomic E-state index is 10.6. The van der Waals surface area contributed by atoms with Crippen molar-refractivity contribution in [3.05, 3.63) is 28.7 Å². The lowest BCUT2D eigenvalue weighted by atomic mass is 10.2. The van der Waals surface area contributed by atoms with Crippen LogP contribution >= 0.6 is 15.9 Å². The maximum absolute atomic E-state index is 10.6. The van der Waals surface area contributed by atoms with E-state index in [1.165, 1.54) is 0 Å². The van der Waals surface area contributed by atoms with Crippen molar-refractivity contribution in [3.8, 4) is 0 Å². The van der Waals surface area contributed by atoms with Crippen molar-refractivity contribution < 1.29 is 4.79 Å². The average molecular weight is 257 g/mol. The van der Waals surface area contributed by atoms with Crippen molar-refractivity contribution in [2.75, 3.05) is 5.32 Å². The van der Waals surface area contributed by atoms with Gasteiger partial charge in [0.15, 0.2) is 0 Å². The van der Waals surface area contributed by atoms with Crippen molar-refractivity contribution in [1.82, 2.24) is 0 Å². The molecule has 1 aromatic carbocycles. The van der Waals surface area contributed by atoms with Gasteiger partial charge in [-0.15, -0.1) is 0 Å². The van der Waals surface area contributed by atoms with Gasteiger partial charge in [0.05, 0.1) is 0 Å². The van der Waals surface area contributed by atoms with Crippen LogP contribution in [0.25, 0.3) is 0 Å². The first kappa shape index (κ1) is 11.0. The van der Waals surface area contributed by atoms with E-state index in [1.807, 2.05) is 31.2 Å². The van der Waals surface area contributed by atoms with E-state index in [9.17, 15) is 4.79 Å². The third-order valence-electron chi connectivity index (χ3n) is 1.76. The van der Waals surface area contributed by atoms with Crippen LogP contribution in [0.15, 0.2) is 28.7 Å². The molecule has 3 nitrogen and oxygen atoms in total. The van der Waals surface area contributed by atoms with Crippen LogP contribution in [0.3, 0.4) is 0 Å². The monoisotopic (exact) mass is 256 g/mol. The largest absolute Gasteiger partial charge is 0.382 e. The summed E-state index contributed by atoms with van der Waals surface area (Å²) >= 11 is 3.35. The predicted molar refractivity (Wildman–Crippen MR) is 61.0 cm³/mol. The maximum Gasteiger partial charge on any atom is 0.219 e. The SMILES string of the molecule is C[C@@H](CC(N)=O)Nc1ccc(Br)cc1. The number of hydrogen-bond donors (Lipinski definition) is 2. The van der Waals surface area contributed by atoms with Gasteiger partial charge in [-0.3, -0.25) is 4.79 Å². The fourth-order valence-corrected chi connectivity index (χ4v) is 1.45. The Bertz CT molecular complexity index is 310. The topological polar surface area (TPSA) is 55.1 Å².